The molecule has 26 heavy (non-hydrogen) atoms. The molecule has 1 atom stereocenters. The Labute approximate surface area is 150 Å². The number of benzene rings is 1. The SMILES string of the molecule is COc1cc2c(c(-c3cn(C)c(=O)c4[nH]ccc34)c1)OC(C1CC1)CN2. The summed E-state index contributed by atoms with van der Waals surface area (Å²) in [6.45, 7) is 0.817. The summed E-state index contributed by atoms with van der Waals surface area (Å²) in [6.07, 6.45) is 6.33. The van der Waals surface area contributed by atoms with E-state index in [0.29, 0.717) is 11.4 Å². The first-order chi connectivity index (χ1) is 12.7. The highest BCUT2D eigenvalue weighted by molar-refractivity contribution is 5.97. The predicted octanol–water partition coefficient (Wildman–Crippen LogP) is 3.13. The maximum absolute atomic E-state index is 12.4. The van der Waals surface area contributed by atoms with E-state index in [-0.39, 0.29) is 11.7 Å². The van der Waals surface area contributed by atoms with Crippen molar-refractivity contribution in [3.05, 3.63) is 40.9 Å². The number of aryl methyl sites for hydroxylation is 1. The zero-order valence-electron chi connectivity index (χ0n) is 14.8. The molecule has 6 heteroatoms. The minimum atomic E-state index is -0.0413. The van der Waals surface area contributed by atoms with Gasteiger partial charge in [-0.2, -0.15) is 0 Å². The smallest absolute Gasteiger partial charge is 0.274 e. The Hall–Kier alpha value is -2.89. The molecule has 2 aromatic heterocycles. The first-order valence-corrected chi connectivity index (χ1v) is 8.95. The quantitative estimate of drug-likeness (QED) is 0.761. The highest BCUT2D eigenvalue weighted by Crippen LogP contribution is 2.46. The van der Waals surface area contributed by atoms with E-state index < -0.39 is 0 Å². The van der Waals surface area contributed by atoms with Crippen molar-refractivity contribution in [2.45, 2.75) is 18.9 Å². The van der Waals surface area contributed by atoms with Crippen molar-refractivity contribution in [2.24, 2.45) is 13.0 Å². The fourth-order valence-electron chi connectivity index (χ4n) is 3.80. The van der Waals surface area contributed by atoms with Crippen LogP contribution in [0.1, 0.15) is 12.8 Å². The number of methoxy groups -OCH3 is 1. The number of hydrogen-bond acceptors (Lipinski definition) is 4. The summed E-state index contributed by atoms with van der Waals surface area (Å²) in [7, 11) is 3.43. The van der Waals surface area contributed by atoms with Gasteiger partial charge < -0.3 is 24.3 Å². The fourth-order valence-corrected chi connectivity index (χ4v) is 3.80. The standard InChI is InChI=1S/C20H21N3O3/c1-23-10-15(13-5-6-21-18(13)20(23)24)14-7-12(25-2)8-16-19(14)26-17(9-22-16)11-3-4-11/h5-8,10-11,17,21-22H,3-4,9H2,1-2H3. The van der Waals surface area contributed by atoms with Crippen LogP contribution in [0.25, 0.3) is 22.0 Å². The summed E-state index contributed by atoms with van der Waals surface area (Å²) in [4.78, 5) is 15.5. The number of rotatable bonds is 3. The number of aromatic amines is 1. The van der Waals surface area contributed by atoms with Crippen molar-refractivity contribution >= 4 is 16.6 Å². The van der Waals surface area contributed by atoms with E-state index in [1.807, 2.05) is 24.4 Å². The Morgan fingerprint density at radius 3 is 2.88 bits per heavy atom. The Balaban J connectivity index is 1.75. The number of fused-ring (bicyclic) bond motifs is 2. The van der Waals surface area contributed by atoms with Crippen LogP contribution in [-0.2, 0) is 7.05 Å². The van der Waals surface area contributed by atoms with E-state index in [1.165, 1.54) is 12.8 Å². The van der Waals surface area contributed by atoms with Crippen LogP contribution in [-0.4, -0.2) is 29.3 Å². The zero-order chi connectivity index (χ0) is 17.8. The number of pyridine rings is 1. The summed E-state index contributed by atoms with van der Waals surface area (Å²) in [5.74, 6) is 2.24. The van der Waals surface area contributed by atoms with Crippen molar-refractivity contribution in [1.82, 2.24) is 9.55 Å². The van der Waals surface area contributed by atoms with Gasteiger partial charge >= 0.3 is 0 Å². The van der Waals surface area contributed by atoms with E-state index >= 15 is 0 Å². The number of H-pyrrole nitrogens is 1. The van der Waals surface area contributed by atoms with E-state index in [4.69, 9.17) is 9.47 Å². The number of aromatic nitrogens is 2. The monoisotopic (exact) mass is 351 g/mol. The number of nitrogens with zero attached hydrogens (tertiary/aromatic N) is 1. The molecule has 6 nitrogen and oxygen atoms in total. The van der Waals surface area contributed by atoms with Crippen molar-refractivity contribution in [3.8, 4) is 22.6 Å². The normalized spacial score (nSPS) is 18.9. The van der Waals surface area contributed by atoms with Gasteiger partial charge in [-0.15, -0.1) is 0 Å². The summed E-state index contributed by atoms with van der Waals surface area (Å²) < 4.78 is 13.5. The molecule has 2 aliphatic rings. The highest BCUT2D eigenvalue weighted by Gasteiger charge is 2.36. The van der Waals surface area contributed by atoms with Gasteiger partial charge in [0.25, 0.3) is 5.56 Å². The van der Waals surface area contributed by atoms with Gasteiger partial charge in [0.15, 0.2) is 5.75 Å². The molecule has 5 rings (SSSR count). The van der Waals surface area contributed by atoms with Crippen molar-refractivity contribution in [2.75, 3.05) is 19.0 Å². The Morgan fingerprint density at radius 2 is 2.12 bits per heavy atom. The van der Waals surface area contributed by atoms with Crippen molar-refractivity contribution < 1.29 is 9.47 Å². The van der Waals surface area contributed by atoms with Gasteiger partial charge in [-0.3, -0.25) is 4.79 Å². The third kappa shape index (κ3) is 2.29. The summed E-state index contributed by atoms with van der Waals surface area (Å²) in [5, 5.41) is 4.39. The Kier molecular flexibility index (Phi) is 3.29. The highest BCUT2D eigenvalue weighted by atomic mass is 16.5. The summed E-state index contributed by atoms with van der Waals surface area (Å²) >= 11 is 0. The molecule has 1 aromatic carbocycles. The van der Waals surface area contributed by atoms with Gasteiger partial charge in [-0.1, -0.05) is 0 Å². The van der Waals surface area contributed by atoms with Crippen LogP contribution >= 0.6 is 0 Å². The molecule has 3 aromatic rings. The van der Waals surface area contributed by atoms with Crippen LogP contribution in [0, 0.1) is 5.92 Å². The molecule has 1 aliphatic carbocycles. The van der Waals surface area contributed by atoms with E-state index in [2.05, 4.69) is 10.3 Å². The molecule has 1 fully saturated rings. The molecule has 1 aliphatic heterocycles. The maximum Gasteiger partial charge on any atom is 0.274 e. The van der Waals surface area contributed by atoms with Crippen LogP contribution in [0.2, 0.25) is 0 Å². The van der Waals surface area contributed by atoms with Gasteiger partial charge in [0.1, 0.15) is 17.4 Å². The Morgan fingerprint density at radius 1 is 1.27 bits per heavy atom. The second kappa shape index (κ2) is 5.56. The van der Waals surface area contributed by atoms with E-state index in [1.54, 1.807) is 24.9 Å². The predicted molar refractivity (Wildman–Crippen MR) is 101 cm³/mol. The minimum absolute atomic E-state index is 0.0413. The second-order valence-electron chi connectivity index (χ2n) is 7.15. The summed E-state index contributed by atoms with van der Waals surface area (Å²) in [6, 6.07) is 5.90. The van der Waals surface area contributed by atoms with Crippen LogP contribution in [0.15, 0.2) is 35.4 Å². The topological polar surface area (TPSA) is 68.3 Å². The third-order valence-corrected chi connectivity index (χ3v) is 5.39. The van der Waals surface area contributed by atoms with Crippen LogP contribution < -0.4 is 20.3 Å². The lowest BCUT2D eigenvalue weighted by Gasteiger charge is -2.30. The third-order valence-electron chi connectivity index (χ3n) is 5.39. The molecule has 1 unspecified atom stereocenters. The average Bonchev–Trinajstić information content (AvgIpc) is 3.40. The molecule has 0 saturated heterocycles. The molecule has 0 bridgehead atoms. The van der Waals surface area contributed by atoms with Gasteiger partial charge in [-0.05, 0) is 30.9 Å². The van der Waals surface area contributed by atoms with Crippen LogP contribution in [0.3, 0.4) is 0 Å². The molecule has 0 amide bonds. The van der Waals surface area contributed by atoms with Gasteiger partial charge in [-0.25, -0.2) is 0 Å². The molecule has 3 heterocycles. The number of hydrogen-bond donors (Lipinski definition) is 2. The molecule has 2 N–H and O–H groups in total. The number of anilines is 1. The first kappa shape index (κ1) is 15.4. The number of ether oxygens (including phenoxy) is 2. The van der Waals surface area contributed by atoms with Crippen LogP contribution in [0.4, 0.5) is 5.69 Å². The van der Waals surface area contributed by atoms with Crippen molar-refractivity contribution in [3.63, 3.8) is 0 Å². The lowest BCUT2D eigenvalue weighted by molar-refractivity contribution is 0.183. The molecule has 1 saturated carbocycles. The molecule has 0 spiro atoms. The molecule has 134 valence electrons. The van der Waals surface area contributed by atoms with E-state index in [9.17, 15) is 4.79 Å². The fraction of sp³-hybridized carbons (Fsp3) is 0.350. The number of nitrogens with one attached hydrogen (secondary N) is 2. The maximum atomic E-state index is 12.4. The van der Waals surface area contributed by atoms with Crippen LogP contribution in [0.5, 0.6) is 11.5 Å². The van der Waals surface area contributed by atoms with Crippen molar-refractivity contribution in [1.29, 1.82) is 0 Å². The lowest BCUT2D eigenvalue weighted by atomic mass is 10.00. The second-order valence-corrected chi connectivity index (χ2v) is 7.15. The zero-order valence-corrected chi connectivity index (χ0v) is 14.8. The first-order valence-electron chi connectivity index (χ1n) is 8.95. The average molecular weight is 351 g/mol. The molecule has 0 radical (unpaired) electrons. The molecular weight excluding hydrogens is 330 g/mol. The van der Waals surface area contributed by atoms with Gasteiger partial charge in [0, 0.05) is 42.0 Å². The lowest BCUT2D eigenvalue weighted by Crippen LogP contribution is -2.32. The Bertz CT molecular complexity index is 1060. The van der Waals surface area contributed by atoms with E-state index in [0.717, 1.165) is 40.2 Å². The summed E-state index contributed by atoms with van der Waals surface area (Å²) in [5.41, 5.74) is 3.40. The van der Waals surface area contributed by atoms with Gasteiger partial charge in [0.2, 0.25) is 0 Å². The minimum Gasteiger partial charge on any atom is -0.497 e. The largest absolute Gasteiger partial charge is 0.497 e. The van der Waals surface area contributed by atoms with Gasteiger partial charge in [0.05, 0.1) is 19.3 Å². The molecular formula is C20H21N3O3.